The highest BCUT2D eigenvalue weighted by molar-refractivity contribution is 7.92. The summed E-state index contributed by atoms with van der Waals surface area (Å²) in [6.45, 7) is 0. The molecule has 0 radical (unpaired) electrons. The zero-order valence-corrected chi connectivity index (χ0v) is 16.4. The van der Waals surface area contributed by atoms with E-state index < -0.39 is 21.7 Å². The van der Waals surface area contributed by atoms with Crippen molar-refractivity contribution in [2.24, 2.45) is 0 Å². The molecule has 0 saturated carbocycles. The molecule has 2 N–H and O–H groups in total. The van der Waals surface area contributed by atoms with E-state index >= 15 is 0 Å². The van der Waals surface area contributed by atoms with Crippen LogP contribution in [0.3, 0.4) is 0 Å². The van der Waals surface area contributed by atoms with Gasteiger partial charge in [-0.2, -0.15) is 0 Å². The Morgan fingerprint density at radius 1 is 0.893 bits per heavy atom. The van der Waals surface area contributed by atoms with Gasteiger partial charge in [0.25, 0.3) is 15.9 Å². The van der Waals surface area contributed by atoms with E-state index in [0.29, 0.717) is 10.7 Å². The van der Waals surface area contributed by atoms with Gasteiger partial charge in [0.1, 0.15) is 5.82 Å². The van der Waals surface area contributed by atoms with E-state index in [1.54, 1.807) is 18.2 Å². The molecule has 3 aromatic carbocycles. The SMILES string of the molecule is O=C(Nc1ccc(Cl)cc1Cl)c1ccccc1NS(=O)(=O)c1cccc(F)c1. The Labute approximate surface area is 171 Å². The largest absolute Gasteiger partial charge is 0.321 e. The third-order valence-corrected chi connectivity index (χ3v) is 5.61. The second-order valence-corrected chi connectivity index (χ2v) is 8.21. The third kappa shape index (κ3) is 4.62. The summed E-state index contributed by atoms with van der Waals surface area (Å²) in [5.74, 6) is -1.27. The van der Waals surface area contributed by atoms with Gasteiger partial charge in [-0.15, -0.1) is 0 Å². The van der Waals surface area contributed by atoms with Gasteiger partial charge in [0.2, 0.25) is 0 Å². The fourth-order valence-corrected chi connectivity index (χ4v) is 3.96. The van der Waals surface area contributed by atoms with Crippen LogP contribution >= 0.6 is 23.2 Å². The van der Waals surface area contributed by atoms with E-state index in [0.717, 1.165) is 12.1 Å². The van der Waals surface area contributed by atoms with E-state index in [9.17, 15) is 17.6 Å². The van der Waals surface area contributed by atoms with Crippen LogP contribution in [-0.4, -0.2) is 14.3 Å². The zero-order valence-electron chi connectivity index (χ0n) is 14.1. The van der Waals surface area contributed by atoms with Crippen LogP contribution in [0, 0.1) is 5.82 Å². The van der Waals surface area contributed by atoms with Crippen LogP contribution in [0.15, 0.2) is 71.6 Å². The monoisotopic (exact) mass is 438 g/mol. The first-order chi connectivity index (χ1) is 13.3. The van der Waals surface area contributed by atoms with E-state index in [4.69, 9.17) is 23.2 Å². The summed E-state index contributed by atoms with van der Waals surface area (Å²) in [4.78, 5) is 12.4. The highest BCUT2D eigenvalue weighted by Gasteiger charge is 2.19. The fraction of sp³-hybridized carbons (Fsp3) is 0. The number of para-hydroxylation sites is 1. The van der Waals surface area contributed by atoms with Crippen LogP contribution in [0.4, 0.5) is 15.8 Å². The number of anilines is 2. The quantitative estimate of drug-likeness (QED) is 0.575. The van der Waals surface area contributed by atoms with Crippen molar-refractivity contribution in [2.75, 3.05) is 10.0 Å². The zero-order chi connectivity index (χ0) is 20.3. The second kappa shape index (κ2) is 8.18. The van der Waals surface area contributed by atoms with Crippen molar-refractivity contribution in [1.82, 2.24) is 0 Å². The minimum Gasteiger partial charge on any atom is -0.321 e. The molecule has 0 aliphatic carbocycles. The van der Waals surface area contributed by atoms with E-state index in [-0.39, 0.29) is 21.2 Å². The summed E-state index contributed by atoms with van der Waals surface area (Å²) in [7, 11) is -4.09. The van der Waals surface area contributed by atoms with Crippen LogP contribution in [0.25, 0.3) is 0 Å². The first kappa shape index (κ1) is 20.1. The minimum atomic E-state index is -4.09. The van der Waals surface area contributed by atoms with Crippen molar-refractivity contribution in [1.29, 1.82) is 0 Å². The first-order valence-corrected chi connectivity index (χ1v) is 10.1. The number of benzene rings is 3. The van der Waals surface area contributed by atoms with Gasteiger partial charge < -0.3 is 5.32 Å². The van der Waals surface area contributed by atoms with Gasteiger partial charge in [0, 0.05) is 5.02 Å². The standard InChI is InChI=1S/C19H13Cl2FN2O3S/c20-12-8-9-18(16(21)10-12)23-19(25)15-6-1-2-7-17(15)24-28(26,27)14-5-3-4-13(22)11-14/h1-11,24H,(H,23,25). The molecule has 5 nitrogen and oxygen atoms in total. The Bertz CT molecular complexity index is 1150. The van der Waals surface area contributed by atoms with Gasteiger partial charge in [-0.05, 0) is 48.5 Å². The number of nitrogens with one attached hydrogen (secondary N) is 2. The molecule has 28 heavy (non-hydrogen) atoms. The molecule has 3 rings (SSSR count). The lowest BCUT2D eigenvalue weighted by Crippen LogP contribution is -2.18. The number of sulfonamides is 1. The van der Waals surface area contributed by atoms with Crippen molar-refractivity contribution < 1.29 is 17.6 Å². The lowest BCUT2D eigenvalue weighted by molar-refractivity contribution is 0.102. The van der Waals surface area contributed by atoms with E-state index in [2.05, 4.69) is 10.0 Å². The maximum atomic E-state index is 13.4. The average Bonchev–Trinajstić information content (AvgIpc) is 2.64. The molecule has 0 bridgehead atoms. The van der Waals surface area contributed by atoms with Crippen LogP contribution in [-0.2, 0) is 10.0 Å². The van der Waals surface area contributed by atoms with Crippen molar-refractivity contribution in [3.8, 4) is 0 Å². The van der Waals surface area contributed by atoms with Crippen molar-refractivity contribution in [3.63, 3.8) is 0 Å². The molecule has 0 unspecified atom stereocenters. The summed E-state index contributed by atoms with van der Waals surface area (Å²) >= 11 is 11.9. The Balaban J connectivity index is 1.89. The summed E-state index contributed by atoms with van der Waals surface area (Å²) in [5.41, 5.74) is 0.418. The highest BCUT2D eigenvalue weighted by atomic mass is 35.5. The molecule has 0 saturated heterocycles. The van der Waals surface area contributed by atoms with Gasteiger partial charge in [0.15, 0.2) is 0 Å². The Kier molecular flexibility index (Phi) is 5.88. The predicted octanol–water partition coefficient (Wildman–Crippen LogP) is 5.19. The molecular weight excluding hydrogens is 426 g/mol. The Hall–Kier alpha value is -2.61. The van der Waals surface area contributed by atoms with Gasteiger partial charge in [0.05, 0.1) is 26.9 Å². The molecule has 0 aliphatic rings. The first-order valence-electron chi connectivity index (χ1n) is 7.90. The average molecular weight is 439 g/mol. The molecule has 0 fully saturated rings. The molecule has 3 aromatic rings. The van der Waals surface area contributed by atoms with Crippen molar-refractivity contribution in [3.05, 3.63) is 88.2 Å². The number of carbonyl (C=O) groups is 1. The minimum absolute atomic E-state index is 0.0364. The molecule has 0 aliphatic heterocycles. The fourth-order valence-electron chi connectivity index (χ4n) is 2.39. The normalized spacial score (nSPS) is 11.1. The Morgan fingerprint density at radius 2 is 1.64 bits per heavy atom. The maximum Gasteiger partial charge on any atom is 0.262 e. The third-order valence-electron chi connectivity index (χ3n) is 3.70. The summed E-state index contributed by atoms with van der Waals surface area (Å²) < 4.78 is 40.8. The number of carbonyl (C=O) groups excluding carboxylic acids is 1. The lowest BCUT2D eigenvalue weighted by Gasteiger charge is -2.13. The maximum absolute atomic E-state index is 13.4. The number of hydrogen-bond donors (Lipinski definition) is 2. The van der Waals surface area contributed by atoms with Crippen molar-refractivity contribution in [2.45, 2.75) is 4.90 Å². The molecule has 0 atom stereocenters. The van der Waals surface area contributed by atoms with Crippen LogP contribution in [0.2, 0.25) is 10.0 Å². The topological polar surface area (TPSA) is 75.3 Å². The van der Waals surface area contributed by atoms with Gasteiger partial charge in [-0.25, -0.2) is 12.8 Å². The molecule has 144 valence electrons. The second-order valence-electron chi connectivity index (χ2n) is 5.69. The summed E-state index contributed by atoms with van der Waals surface area (Å²) in [6.07, 6.45) is 0. The van der Waals surface area contributed by atoms with Gasteiger partial charge >= 0.3 is 0 Å². The predicted molar refractivity (Wildman–Crippen MR) is 108 cm³/mol. The number of halogens is 3. The van der Waals surface area contributed by atoms with Crippen molar-refractivity contribution >= 4 is 50.5 Å². The molecule has 0 spiro atoms. The Morgan fingerprint density at radius 3 is 2.36 bits per heavy atom. The van der Waals surface area contributed by atoms with Crippen LogP contribution < -0.4 is 10.0 Å². The number of rotatable bonds is 5. The van der Waals surface area contributed by atoms with Gasteiger partial charge in [-0.1, -0.05) is 41.4 Å². The number of amides is 1. The molecule has 0 aromatic heterocycles. The van der Waals surface area contributed by atoms with E-state index in [1.807, 2.05) is 0 Å². The molecular formula is C19H13Cl2FN2O3S. The smallest absolute Gasteiger partial charge is 0.262 e. The highest BCUT2D eigenvalue weighted by Crippen LogP contribution is 2.27. The molecule has 1 amide bonds. The van der Waals surface area contributed by atoms with E-state index in [1.165, 1.54) is 36.4 Å². The van der Waals surface area contributed by atoms with Crippen LogP contribution in [0.1, 0.15) is 10.4 Å². The van der Waals surface area contributed by atoms with Crippen LogP contribution in [0.5, 0.6) is 0 Å². The molecule has 0 heterocycles. The van der Waals surface area contributed by atoms with Gasteiger partial charge in [-0.3, -0.25) is 9.52 Å². The number of hydrogen-bond acceptors (Lipinski definition) is 3. The summed E-state index contributed by atoms with van der Waals surface area (Å²) in [6, 6.07) is 15.1. The summed E-state index contributed by atoms with van der Waals surface area (Å²) in [5, 5.41) is 3.25. The lowest BCUT2D eigenvalue weighted by atomic mass is 10.1. The molecule has 9 heteroatoms.